The Balaban J connectivity index is 5.21. The van der Waals surface area contributed by atoms with Gasteiger partial charge in [0.2, 0.25) is 0 Å². The highest BCUT2D eigenvalue weighted by molar-refractivity contribution is 7.47. The first-order chi connectivity index (χ1) is 46.5. The number of esters is 4. The zero-order valence-corrected chi connectivity index (χ0v) is 64.3. The minimum atomic E-state index is -4.96. The molecular weight excluding hydrogens is 1260 g/mol. The molecule has 19 heteroatoms. The van der Waals surface area contributed by atoms with Gasteiger partial charge in [-0.1, -0.05) is 356 Å². The first kappa shape index (κ1) is 94.1. The monoisotopic (exact) mass is 1410 g/mol. The molecule has 0 bridgehead atoms. The molecule has 0 saturated carbocycles. The molecule has 0 aliphatic heterocycles. The summed E-state index contributed by atoms with van der Waals surface area (Å²) in [5.41, 5.74) is 0. The maximum Gasteiger partial charge on any atom is 0.472 e. The average molecular weight is 1410 g/mol. The second-order valence-corrected chi connectivity index (χ2v) is 31.1. The lowest BCUT2D eigenvalue weighted by Gasteiger charge is -2.21. The molecule has 570 valence electrons. The third-order valence-electron chi connectivity index (χ3n) is 18.0. The summed E-state index contributed by atoms with van der Waals surface area (Å²) < 4.78 is 68.5. The van der Waals surface area contributed by atoms with Crippen molar-refractivity contribution in [3.8, 4) is 0 Å². The number of hydrogen-bond donors (Lipinski definition) is 3. The van der Waals surface area contributed by atoms with E-state index in [2.05, 4.69) is 34.6 Å². The minimum Gasteiger partial charge on any atom is -0.462 e. The van der Waals surface area contributed by atoms with Crippen LogP contribution in [0.25, 0.3) is 0 Å². The van der Waals surface area contributed by atoms with Crippen LogP contribution in [0.15, 0.2) is 0 Å². The van der Waals surface area contributed by atoms with Crippen LogP contribution >= 0.6 is 15.6 Å². The Labute approximate surface area is 588 Å². The van der Waals surface area contributed by atoms with Gasteiger partial charge in [-0.25, -0.2) is 9.13 Å². The van der Waals surface area contributed by atoms with Gasteiger partial charge in [-0.3, -0.25) is 37.3 Å². The van der Waals surface area contributed by atoms with Crippen LogP contribution in [0.5, 0.6) is 0 Å². The molecule has 0 fully saturated rings. The summed E-state index contributed by atoms with van der Waals surface area (Å²) in [4.78, 5) is 72.8. The van der Waals surface area contributed by atoms with Crippen LogP contribution in [0.4, 0.5) is 0 Å². The zero-order chi connectivity index (χ0) is 70.5. The van der Waals surface area contributed by atoms with E-state index in [1.807, 2.05) is 0 Å². The second kappa shape index (κ2) is 70.1. The number of unbranched alkanes of at least 4 members (excludes halogenated alkanes) is 49. The highest BCUT2D eigenvalue weighted by atomic mass is 31.2. The highest BCUT2D eigenvalue weighted by Crippen LogP contribution is 2.45. The van der Waals surface area contributed by atoms with Gasteiger partial charge in [0.15, 0.2) is 12.2 Å². The number of aliphatic hydroxyl groups excluding tert-OH is 1. The normalized spacial score (nSPS) is 13.9. The van der Waals surface area contributed by atoms with E-state index in [1.165, 1.54) is 225 Å². The molecular formula is C77H150O17P2. The summed E-state index contributed by atoms with van der Waals surface area (Å²) in [6, 6.07) is 0. The zero-order valence-electron chi connectivity index (χ0n) is 62.5. The third kappa shape index (κ3) is 70.5. The van der Waals surface area contributed by atoms with Crippen LogP contribution < -0.4 is 0 Å². The third-order valence-corrected chi connectivity index (χ3v) is 19.9. The molecule has 2 unspecified atom stereocenters. The summed E-state index contributed by atoms with van der Waals surface area (Å²) in [5, 5.41) is 10.6. The Hall–Kier alpha value is -1.94. The van der Waals surface area contributed by atoms with Crippen LogP contribution in [0.1, 0.15) is 407 Å². The molecule has 0 heterocycles. The Morgan fingerprint density at radius 2 is 0.479 bits per heavy atom. The number of ether oxygens (including phenoxy) is 4. The highest BCUT2D eigenvalue weighted by Gasteiger charge is 2.30. The van der Waals surface area contributed by atoms with E-state index in [0.717, 1.165) is 102 Å². The number of rotatable bonds is 77. The lowest BCUT2D eigenvalue weighted by molar-refractivity contribution is -0.161. The second-order valence-electron chi connectivity index (χ2n) is 28.2. The fourth-order valence-corrected chi connectivity index (χ4v) is 13.5. The molecule has 0 aromatic carbocycles. The maximum absolute atomic E-state index is 13.1. The van der Waals surface area contributed by atoms with E-state index in [-0.39, 0.29) is 25.7 Å². The number of aliphatic hydroxyl groups is 1. The molecule has 0 spiro atoms. The molecule has 96 heavy (non-hydrogen) atoms. The molecule has 5 atom stereocenters. The number of carbonyl (C=O) groups excluding carboxylic acids is 4. The fourth-order valence-electron chi connectivity index (χ4n) is 11.9. The summed E-state index contributed by atoms with van der Waals surface area (Å²) >= 11 is 0. The predicted octanol–water partition coefficient (Wildman–Crippen LogP) is 22.9. The van der Waals surface area contributed by atoms with Crippen molar-refractivity contribution >= 4 is 39.5 Å². The summed E-state index contributed by atoms with van der Waals surface area (Å²) in [5.74, 6) is -1.35. The molecule has 0 amide bonds. The summed E-state index contributed by atoms with van der Waals surface area (Å²) in [6.07, 6.45) is 59.7. The Morgan fingerprint density at radius 3 is 0.708 bits per heavy atom. The largest absolute Gasteiger partial charge is 0.472 e. The topological polar surface area (TPSA) is 237 Å². The number of carbonyl (C=O) groups is 4. The SMILES string of the molecule is CCCCCCCCCCCCCCCCCCCCC(=O)O[C@H](COC(=O)CCCCCCCCCCCCCCCCCC)COP(=O)(O)OC[C@@H](O)COP(=O)(O)OC[C@@H](COC(=O)CCCCCCCCCC)OC(=O)CCCCCCCCCCCCCC(C)C. The Morgan fingerprint density at radius 1 is 0.281 bits per heavy atom. The van der Waals surface area contributed by atoms with Gasteiger partial charge >= 0.3 is 39.5 Å². The van der Waals surface area contributed by atoms with Gasteiger partial charge in [0.05, 0.1) is 26.4 Å². The van der Waals surface area contributed by atoms with E-state index in [4.69, 9.17) is 37.0 Å². The number of hydrogen-bond acceptors (Lipinski definition) is 15. The Bertz CT molecular complexity index is 1840. The van der Waals surface area contributed by atoms with Crippen LogP contribution in [0.2, 0.25) is 0 Å². The Kier molecular flexibility index (Phi) is 68.7. The minimum absolute atomic E-state index is 0.107. The molecule has 0 aliphatic rings. The van der Waals surface area contributed by atoms with Crippen LogP contribution in [-0.4, -0.2) is 96.7 Å². The molecule has 17 nitrogen and oxygen atoms in total. The standard InChI is InChI=1S/C77H150O17P2/c1-6-9-12-15-18-21-23-25-27-29-30-32-34-38-42-47-52-57-62-76(81)94-73(67-88-75(80)61-56-51-46-41-37-33-31-28-26-24-22-19-16-13-10-7-2)69-92-96(85,86)90-65-71(78)64-89-95(83,84)91-68-72(66-87-74(79)60-55-50-45-20-17-14-11-8-3)93-77(82)63-58-53-48-43-39-35-36-40-44-49-54-59-70(4)5/h70-73,78H,6-69H2,1-5H3,(H,83,84)(H,85,86)/t71-,72+,73+/m0/s1. The average Bonchev–Trinajstić information content (AvgIpc) is 3.02. The van der Waals surface area contributed by atoms with Crippen molar-refractivity contribution in [2.24, 2.45) is 5.92 Å². The maximum atomic E-state index is 13.1. The fraction of sp³-hybridized carbons (Fsp3) is 0.948. The quantitative estimate of drug-likeness (QED) is 0.0222. The lowest BCUT2D eigenvalue weighted by atomic mass is 10.0. The van der Waals surface area contributed by atoms with E-state index < -0.39 is 97.5 Å². The van der Waals surface area contributed by atoms with Crippen molar-refractivity contribution in [1.29, 1.82) is 0 Å². The molecule has 0 aromatic heterocycles. The molecule has 0 radical (unpaired) electrons. The lowest BCUT2D eigenvalue weighted by Crippen LogP contribution is -2.30. The molecule has 0 saturated heterocycles. The van der Waals surface area contributed by atoms with Crippen molar-refractivity contribution in [2.75, 3.05) is 39.6 Å². The number of phosphoric ester groups is 2. The van der Waals surface area contributed by atoms with Crippen molar-refractivity contribution < 1.29 is 80.2 Å². The van der Waals surface area contributed by atoms with Gasteiger partial charge in [-0.2, -0.15) is 0 Å². The molecule has 0 aromatic rings. The first-order valence-electron chi connectivity index (χ1n) is 40.1. The van der Waals surface area contributed by atoms with Gasteiger partial charge in [-0.05, 0) is 31.6 Å². The van der Waals surface area contributed by atoms with Crippen LogP contribution in [0.3, 0.4) is 0 Å². The smallest absolute Gasteiger partial charge is 0.462 e. The summed E-state index contributed by atoms with van der Waals surface area (Å²) in [6.45, 7) is 7.28. The molecule has 0 aliphatic carbocycles. The van der Waals surface area contributed by atoms with Gasteiger partial charge in [-0.15, -0.1) is 0 Å². The van der Waals surface area contributed by atoms with Crippen molar-refractivity contribution in [1.82, 2.24) is 0 Å². The van der Waals surface area contributed by atoms with Gasteiger partial charge in [0, 0.05) is 25.7 Å². The van der Waals surface area contributed by atoms with Crippen LogP contribution in [0, 0.1) is 5.92 Å². The van der Waals surface area contributed by atoms with Crippen molar-refractivity contribution in [2.45, 2.75) is 425 Å². The molecule has 0 rings (SSSR count). The first-order valence-corrected chi connectivity index (χ1v) is 43.1. The summed E-state index contributed by atoms with van der Waals surface area (Å²) in [7, 11) is -9.91. The number of phosphoric acid groups is 2. The van der Waals surface area contributed by atoms with E-state index in [9.17, 15) is 43.2 Å². The van der Waals surface area contributed by atoms with Crippen molar-refractivity contribution in [3.63, 3.8) is 0 Å². The van der Waals surface area contributed by atoms with Gasteiger partial charge < -0.3 is 33.8 Å². The van der Waals surface area contributed by atoms with Crippen molar-refractivity contribution in [3.05, 3.63) is 0 Å². The van der Waals surface area contributed by atoms with E-state index >= 15 is 0 Å². The van der Waals surface area contributed by atoms with Crippen LogP contribution in [-0.2, 0) is 65.4 Å². The predicted molar refractivity (Wildman–Crippen MR) is 391 cm³/mol. The van der Waals surface area contributed by atoms with E-state index in [0.29, 0.717) is 25.7 Å². The van der Waals surface area contributed by atoms with E-state index in [1.54, 1.807) is 0 Å². The molecule has 3 N–H and O–H groups in total. The van der Waals surface area contributed by atoms with Gasteiger partial charge in [0.1, 0.15) is 19.3 Å². The van der Waals surface area contributed by atoms with Gasteiger partial charge in [0.25, 0.3) is 0 Å².